The third-order valence-electron chi connectivity index (χ3n) is 4.61. The summed E-state index contributed by atoms with van der Waals surface area (Å²) in [5.41, 5.74) is 10.7. The summed E-state index contributed by atoms with van der Waals surface area (Å²) < 4.78 is 0. The number of carbonyl (C=O) groups is 2. The average molecular weight is 413 g/mol. The third-order valence-corrected chi connectivity index (χ3v) is 4.61. The van der Waals surface area contributed by atoms with Crippen LogP contribution < -0.4 is 11.1 Å². The summed E-state index contributed by atoms with van der Waals surface area (Å²) in [6.07, 6.45) is -0.309. The second-order valence-electron chi connectivity index (χ2n) is 6.88. The summed E-state index contributed by atoms with van der Waals surface area (Å²) >= 11 is 0. The van der Waals surface area contributed by atoms with E-state index >= 15 is 0 Å². The topological polar surface area (TPSA) is 131 Å². The zero-order valence-electron chi connectivity index (χ0n) is 16.4. The molecule has 1 amide bonds. The summed E-state index contributed by atoms with van der Waals surface area (Å²) in [5.74, 6) is -1.20. The Labute approximate surface area is 177 Å². The Kier molecular flexibility index (Phi) is 5.53. The Morgan fingerprint density at radius 2 is 1.65 bits per heavy atom. The molecular weight excluding hydrogens is 394 g/mol. The van der Waals surface area contributed by atoms with Gasteiger partial charge >= 0.3 is 5.97 Å². The highest BCUT2D eigenvalue weighted by Crippen LogP contribution is 2.29. The molecule has 8 nitrogen and oxygen atoms in total. The van der Waals surface area contributed by atoms with Crippen molar-refractivity contribution in [1.82, 2.24) is 15.0 Å². The van der Waals surface area contributed by atoms with Crippen LogP contribution in [0.15, 0.2) is 66.7 Å². The van der Waals surface area contributed by atoms with Gasteiger partial charge in [0.25, 0.3) is 0 Å². The maximum atomic E-state index is 12.0. The lowest BCUT2D eigenvalue weighted by Crippen LogP contribution is -2.13. The zero-order chi connectivity index (χ0) is 21.8. The van der Waals surface area contributed by atoms with Crippen LogP contribution in [-0.2, 0) is 9.59 Å². The number of hydrogen-bond acceptors (Lipinski definition) is 6. The van der Waals surface area contributed by atoms with Crippen molar-refractivity contribution >= 4 is 34.5 Å². The second kappa shape index (κ2) is 8.58. The second-order valence-corrected chi connectivity index (χ2v) is 6.88. The minimum absolute atomic E-state index is 0.0903. The number of fused-ring (bicyclic) bond motifs is 1. The fraction of sp³-hybridized carbons (Fsp3) is 0.0870. The first-order chi connectivity index (χ1) is 15.0. The number of aromatic nitrogens is 3. The minimum Gasteiger partial charge on any atom is -0.481 e. The van der Waals surface area contributed by atoms with Crippen molar-refractivity contribution in [1.29, 1.82) is 0 Å². The molecule has 0 fully saturated rings. The molecule has 0 radical (unpaired) electrons. The van der Waals surface area contributed by atoms with Crippen LogP contribution >= 0.6 is 0 Å². The number of aliphatic carboxylic acids is 1. The van der Waals surface area contributed by atoms with Crippen molar-refractivity contribution < 1.29 is 14.7 Å². The van der Waals surface area contributed by atoms with E-state index < -0.39 is 5.97 Å². The smallest absolute Gasteiger partial charge is 0.303 e. The highest BCUT2D eigenvalue weighted by Gasteiger charge is 2.12. The van der Waals surface area contributed by atoms with Gasteiger partial charge in [0, 0.05) is 23.2 Å². The molecule has 0 bridgehead atoms. The number of nitrogens with two attached hydrogens (primary N) is 1. The fourth-order valence-electron chi connectivity index (χ4n) is 3.19. The molecular formula is C23H19N5O3. The number of pyridine rings is 1. The van der Waals surface area contributed by atoms with Gasteiger partial charge in [-0.3, -0.25) is 9.59 Å². The quantitative estimate of drug-likeness (QED) is 0.439. The lowest BCUT2D eigenvalue weighted by molar-refractivity contribution is -0.138. The summed E-state index contributed by atoms with van der Waals surface area (Å²) in [5, 5.41) is 11.4. The van der Waals surface area contributed by atoms with Gasteiger partial charge in [-0.25, -0.2) is 15.0 Å². The molecule has 0 aliphatic rings. The monoisotopic (exact) mass is 413 g/mol. The van der Waals surface area contributed by atoms with Crippen LogP contribution in [-0.4, -0.2) is 31.9 Å². The van der Waals surface area contributed by atoms with Crippen molar-refractivity contribution in [3.8, 4) is 22.5 Å². The van der Waals surface area contributed by atoms with E-state index in [0.29, 0.717) is 28.1 Å². The number of carboxylic acids is 1. The van der Waals surface area contributed by atoms with Crippen LogP contribution in [0.1, 0.15) is 12.8 Å². The lowest BCUT2D eigenvalue weighted by Gasteiger charge is -2.10. The molecule has 4 N–H and O–H groups in total. The molecule has 2 aromatic heterocycles. The first-order valence-corrected chi connectivity index (χ1v) is 9.61. The molecule has 0 aliphatic carbocycles. The molecule has 0 atom stereocenters. The van der Waals surface area contributed by atoms with E-state index in [-0.39, 0.29) is 24.7 Å². The van der Waals surface area contributed by atoms with Crippen LogP contribution in [0, 0.1) is 0 Å². The summed E-state index contributed by atoms with van der Waals surface area (Å²) in [6, 6.07) is 20.5. The molecule has 0 unspecified atom stereocenters. The van der Waals surface area contributed by atoms with Gasteiger partial charge in [0.05, 0.1) is 17.6 Å². The number of benzene rings is 2. The Bertz CT molecular complexity index is 1270. The predicted octanol–water partition coefficient (Wildman–Crippen LogP) is 3.74. The molecule has 4 aromatic rings. The van der Waals surface area contributed by atoms with Crippen LogP contribution in [0.4, 0.5) is 11.6 Å². The Morgan fingerprint density at radius 3 is 2.42 bits per heavy atom. The molecule has 4 rings (SSSR count). The van der Waals surface area contributed by atoms with Crippen molar-refractivity contribution in [3.05, 3.63) is 66.7 Å². The summed E-state index contributed by atoms with van der Waals surface area (Å²) in [6.45, 7) is 0. The van der Waals surface area contributed by atoms with Crippen LogP contribution in [0.3, 0.4) is 0 Å². The van der Waals surface area contributed by atoms with Crippen LogP contribution in [0.25, 0.3) is 33.5 Å². The minimum atomic E-state index is -1.01. The molecule has 31 heavy (non-hydrogen) atoms. The molecule has 2 heterocycles. The average Bonchev–Trinajstić information content (AvgIpc) is 2.77. The zero-order valence-corrected chi connectivity index (χ0v) is 16.4. The van der Waals surface area contributed by atoms with Gasteiger partial charge in [0.15, 0.2) is 0 Å². The number of anilines is 2. The fourth-order valence-corrected chi connectivity index (χ4v) is 3.19. The molecule has 0 spiro atoms. The Balaban J connectivity index is 1.70. The summed E-state index contributed by atoms with van der Waals surface area (Å²) in [7, 11) is 0. The Morgan fingerprint density at radius 1 is 0.871 bits per heavy atom. The van der Waals surface area contributed by atoms with Gasteiger partial charge in [-0.15, -0.1) is 0 Å². The van der Waals surface area contributed by atoms with E-state index in [0.717, 1.165) is 11.1 Å². The molecule has 154 valence electrons. The molecule has 0 saturated heterocycles. The number of rotatable bonds is 6. The molecule has 8 heteroatoms. The number of nitrogens with zero attached hydrogens (tertiary/aromatic N) is 3. The maximum absolute atomic E-state index is 12.0. The molecule has 0 aliphatic heterocycles. The standard InChI is InChI=1S/C23H19N5O3/c24-23-27-18-10-9-17(26-22(18)21(28-23)14-5-2-1-3-6-14)15-7-4-8-16(13-15)25-19(29)11-12-20(30)31/h1-10,13H,11-12H2,(H,25,29)(H,30,31)(H2,24,27,28). The van der Waals surface area contributed by atoms with Gasteiger partial charge in [0.2, 0.25) is 11.9 Å². The normalized spacial score (nSPS) is 10.7. The van der Waals surface area contributed by atoms with Gasteiger partial charge in [0.1, 0.15) is 11.2 Å². The van der Waals surface area contributed by atoms with Crippen LogP contribution in [0.5, 0.6) is 0 Å². The predicted molar refractivity (Wildman–Crippen MR) is 118 cm³/mol. The summed E-state index contributed by atoms with van der Waals surface area (Å²) in [4.78, 5) is 36.1. The van der Waals surface area contributed by atoms with Gasteiger partial charge in [-0.1, -0.05) is 42.5 Å². The van der Waals surface area contributed by atoms with Gasteiger partial charge in [-0.05, 0) is 24.3 Å². The first kappa shape index (κ1) is 20.0. The van der Waals surface area contributed by atoms with E-state index in [4.69, 9.17) is 15.8 Å². The van der Waals surface area contributed by atoms with E-state index in [9.17, 15) is 9.59 Å². The van der Waals surface area contributed by atoms with Crippen molar-refractivity contribution in [3.63, 3.8) is 0 Å². The molecule has 0 saturated carbocycles. The highest BCUT2D eigenvalue weighted by molar-refractivity contribution is 5.94. The number of amides is 1. The largest absolute Gasteiger partial charge is 0.481 e. The van der Waals surface area contributed by atoms with Crippen LogP contribution in [0.2, 0.25) is 0 Å². The maximum Gasteiger partial charge on any atom is 0.303 e. The first-order valence-electron chi connectivity index (χ1n) is 9.61. The number of hydrogen-bond donors (Lipinski definition) is 3. The number of nitrogens with one attached hydrogen (secondary N) is 1. The van der Waals surface area contributed by atoms with E-state index in [1.165, 1.54) is 0 Å². The molecule has 2 aromatic carbocycles. The van der Waals surface area contributed by atoms with E-state index in [1.807, 2.05) is 48.5 Å². The number of nitrogen functional groups attached to an aromatic ring is 1. The van der Waals surface area contributed by atoms with E-state index in [2.05, 4.69) is 15.3 Å². The lowest BCUT2D eigenvalue weighted by atomic mass is 10.1. The van der Waals surface area contributed by atoms with E-state index in [1.54, 1.807) is 18.2 Å². The van der Waals surface area contributed by atoms with Crippen molar-refractivity contribution in [2.75, 3.05) is 11.1 Å². The Hall–Kier alpha value is -4.33. The highest BCUT2D eigenvalue weighted by atomic mass is 16.4. The van der Waals surface area contributed by atoms with Crippen molar-refractivity contribution in [2.45, 2.75) is 12.8 Å². The SMILES string of the molecule is Nc1nc(-c2ccccc2)c2nc(-c3cccc(NC(=O)CCC(=O)O)c3)ccc2n1. The van der Waals surface area contributed by atoms with Gasteiger partial charge in [-0.2, -0.15) is 0 Å². The van der Waals surface area contributed by atoms with Gasteiger partial charge < -0.3 is 16.2 Å². The third kappa shape index (κ3) is 4.64. The number of carbonyl (C=O) groups excluding carboxylic acids is 1. The van der Waals surface area contributed by atoms with Crippen molar-refractivity contribution in [2.24, 2.45) is 0 Å². The number of carboxylic acid groups (broad SMARTS) is 1.